The van der Waals surface area contributed by atoms with E-state index < -0.39 is 0 Å². The first kappa shape index (κ1) is 21.1. The molecule has 1 aliphatic rings. The van der Waals surface area contributed by atoms with Crippen LogP contribution >= 0.6 is 0 Å². The molecule has 7 heteroatoms. The van der Waals surface area contributed by atoms with Gasteiger partial charge < -0.3 is 15.1 Å². The van der Waals surface area contributed by atoms with Crippen LogP contribution in [0.25, 0.3) is 0 Å². The zero-order valence-corrected chi connectivity index (χ0v) is 18.3. The quantitative estimate of drug-likeness (QED) is 0.639. The van der Waals surface area contributed by atoms with Crippen LogP contribution in [0.5, 0.6) is 0 Å². The Balaban J connectivity index is 1.36. The zero-order valence-electron chi connectivity index (χ0n) is 18.3. The van der Waals surface area contributed by atoms with Crippen LogP contribution in [0, 0.1) is 0 Å². The van der Waals surface area contributed by atoms with Crippen LogP contribution in [0.15, 0.2) is 54.9 Å². The van der Waals surface area contributed by atoms with Gasteiger partial charge >= 0.3 is 0 Å². The normalized spacial score (nSPS) is 14.6. The summed E-state index contributed by atoms with van der Waals surface area (Å²) in [6, 6.07) is 14.3. The first-order chi connectivity index (χ1) is 15.1. The van der Waals surface area contributed by atoms with Crippen molar-refractivity contribution in [2.75, 3.05) is 38.1 Å². The van der Waals surface area contributed by atoms with Gasteiger partial charge in [0.15, 0.2) is 0 Å². The zero-order chi connectivity index (χ0) is 21.6. The molecule has 4 rings (SSSR count). The molecule has 1 aromatic carbocycles. The summed E-state index contributed by atoms with van der Waals surface area (Å²) in [6.07, 6.45) is 4.27. The van der Waals surface area contributed by atoms with Crippen LogP contribution in [-0.2, 0) is 19.5 Å². The molecular formula is C24H30N6O. The molecule has 0 aliphatic carbocycles. The summed E-state index contributed by atoms with van der Waals surface area (Å²) in [6.45, 7) is 7.25. The summed E-state index contributed by atoms with van der Waals surface area (Å²) in [5.74, 6) is 0.901. The first-order valence-electron chi connectivity index (χ1n) is 10.9. The van der Waals surface area contributed by atoms with E-state index >= 15 is 0 Å². The number of rotatable bonds is 7. The summed E-state index contributed by atoms with van der Waals surface area (Å²) in [5, 5.41) is 7.48. The Morgan fingerprint density at radius 3 is 2.45 bits per heavy atom. The second-order valence-electron chi connectivity index (χ2n) is 8.00. The van der Waals surface area contributed by atoms with E-state index in [-0.39, 0.29) is 5.91 Å². The number of nitrogens with one attached hydrogen (secondary N) is 1. The molecule has 7 nitrogen and oxygen atoms in total. The lowest BCUT2D eigenvalue weighted by Gasteiger charge is -2.33. The van der Waals surface area contributed by atoms with E-state index in [2.05, 4.69) is 51.3 Å². The third-order valence-corrected chi connectivity index (χ3v) is 5.79. The van der Waals surface area contributed by atoms with Crippen molar-refractivity contribution in [3.8, 4) is 0 Å². The van der Waals surface area contributed by atoms with E-state index in [0.717, 1.165) is 49.7 Å². The number of hydrogen-bond donors (Lipinski definition) is 1. The van der Waals surface area contributed by atoms with E-state index in [1.165, 1.54) is 5.56 Å². The Morgan fingerprint density at radius 1 is 1.00 bits per heavy atom. The molecule has 0 radical (unpaired) electrons. The van der Waals surface area contributed by atoms with Crippen molar-refractivity contribution in [3.63, 3.8) is 0 Å². The number of anilines is 1. The van der Waals surface area contributed by atoms with Gasteiger partial charge in [-0.3, -0.25) is 9.48 Å². The molecule has 1 N–H and O–H groups in total. The van der Waals surface area contributed by atoms with E-state index in [4.69, 9.17) is 0 Å². The Labute approximate surface area is 183 Å². The minimum absolute atomic E-state index is 0.0979. The van der Waals surface area contributed by atoms with Crippen molar-refractivity contribution < 1.29 is 4.79 Å². The van der Waals surface area contributed by atoms with Crippen LogP contribution < -0.4 is 10.2 Å². The molecule has 1 amide bonds. The monoisotopic (exact) mass is 418 g/mol. The lowest BCUT2D eigenvalue weighted by Crippen LogP contribution is -2.44. The molecule has 0 spiro atoms. The highest BCUT2D eigenvalue weighted by Crippen LogP contribution is 2.15. The Hall–Kier alpha value is -3.19. The third kappa shape index (κ3) is 5.11. The van der Waals surface area contributed by atoms with Crippen LogP contribution in [0.4, 0.5) is 5.82 Å². The standard InChI is InChI=1S/C24H30N6O/c1-3-22-21(17-27-30(22)18-19-7-5-4-6-8-19)24(31)26-16-20-9-10-23(25-15-20)29-13-11-28(2)12-14-29/h4-10,15,17H,3,11-14,16,18H2,1-2H3,(H,26,31). The van der Waals surface area contributed by atoms with E-state index in [1.54, 1.807) is 6.20 Å². The molecule has 3 heterocycles. The van der Waals surface area contributed by atoms with E-state index in [1.807, 2.05) is 41.2 Å². The maximum atomic E-state index is 12.8. The van der Waals surface area contributed by atoms with Gasteiger partial charge in [-0.25, -0.2) is 4.98 Å². The largest absolute Gasteiger partial charge is 0.354 e. The molecular weight excluding hydrogens is 388 g/mol. The number of carbonyl (C=O) groups excluding carboxylic acids is 1. The Bertz CT molecular complexity index is 991. The van der Waals surface area contributed by atoms with E-state index in [0.29, 0.717) is 18.7 Å². The van der Waals surface area contributed by atoms with Crippen molar-refractivity contribution in [2.45, 2.75) is 26.4 Å². The third-order valence-electron chi connectivity index (χ3n) is 5.79. The number of carbonyl (C=O) groups is 1. The van der Waals surface area contributed by atoms with Crippen LogP contribution in [0.1, 0.15) is 34.1 Å². The lowest BCUT2D eigenvalue weighted by atomic mass is 10.1. The Kier molecular flexibility index (Phi) is 6.62. The molecule has 162 valence electrons. The van der Waals surface area contributed by atoms with Crippen molar-refractivity contribution >= 4 is 11.7 Å². The first-order valence-corrected chi connectivity index (χ1v) is 10.9. The minimum atomic E-state index is -0.0979. The van der Waals surface area contributed by atoms with E-state index in [9.17, 15) is 4.79 Å². The number of pyridine rings is 1. The molecule has 0 unspecified atom stereocenters. The van der Waals surface area contributed by atoms with Crippen LogP contribution in [-0.4, -0.2) is 58.8 Å². The van der Waals surface area contributed by atoms with Crippen molar-refractivity contribution in [1.29, 1.82) is 0 Å². The number of piperazine rings is 1. The highest BCUT2D eigenvalue weighted by atomic mass is 16.1. The van der Waals surface area contributed by atoms with Crippen molar-refractivity contribution in [1.82, 2.24) is 25.0 Å². The summed E-state index contributed by atoms with van der Waals surface area (Å²) < 4.78 is 1.91. The molecule has 1 saturated heterocycles. The minimum Gasteiger partial charge on any atom is -0.354 e. The molecule has 1 aliphatic heterocycles. The van der Waals surface area contributed by atoms with Gasteiger partial charge in [-0.2, -0.15) is 5.10 Å². The highest BCUT2D eigenvalue weighted by molar-refractivity contribution is 5.95. The number of benzene rings is 1. The van der Waals surface area contributed by atoms with Crippen LogP contribution in [0.2, 0.25) is 0 Å². The number of likely N-dealkylation sites (N-methyl/N-ethyl adjacent to an activating group) is 1. The summed E-state index contributed by atoms with van der Waals surface area (Å²) in [4.78, 5) is 22.0. The van der Waals surface area contributed by atoms with Gasteiger partial charge in [-0.05, 0) is 30.7 Å². The van der Waals surface area contributed by atoms with Crippen molar-refractivity contribution in [2.24, 2.45) is 0 Å². The van der Waals surface area contributed by atoms with Gasteiger partial charge in [-0.1, -0.05) is 43.3 Å². The fourth-order valence-corrected chi connectivity index (χ4v) is 3.89. The molecule has 3 aromatic rings. The molecule has 2 aromatic heterocycles. The average Bonchev–Trinajstić information content (AvgIpc) is 3.21. The SMILES string of the molecule is CCc1c(C(=O)NCc2ccc(N3CCN(C)CC3)nc2)cnn1Cc1ccccc1. The molecule has 0 bridgehead atoms. The molecule has 31 heavy (non-hydrogen) atoms. The van der Waals surface area contributed by atoms with Gasteiger partial charge in [0.1, 0.15) is 5.82 Å². The number of aromatic nitrogens is 3. The molecule has 0 saturated carbocycles. The number of amides is 1. The predicted octanol–water partition coefficient (Wildman–Crippen LogP) is 2.57. The van der Waals surface area contributed by atoms with Crippen molar-refractivity contribution in [3.05, 3.63) is 77.2 Å². The van der Waals surface area contributed by atoms with Crippen LogP contribution in [0.3, 0.4) is 0 Å². The van der Waals surface area contributed by atoms with Gasteiger partial charge in [0, 0.05) is 38.9 Å². The molecule has 1 fully saturated rings. The summed E-state index contributed by atoms with van der Waals surface area (Å²) >= 11 is 0. The fraction of sp³-hybridized carbons (Fsp3) is 0.375. The maximum Gasteiger partial charge on any atom is 0.255 e. The predicted molar refractivity (Wildman–Crippen MR) is 122 cm³/mol. The molecule has 0 atom stereocenters. The Morgan fingerprint density at radius 2 is 1.77 bits per heavy atom. The number of nitrogens with zero attached hydrogens (tertiary/aromatic N) is 5. The van der Waals surface area contributed by atoms with Gasteiger partial charge in [0.2, 0.25) is 0 Å². The van der Waals surface area contributed by atoms with Gasteiger partial charge in [-0.15, -0.1) is 0 Å². The lowest BCUT2D eigenvalue weighted by molar-refractivity contribution is 0.0950. The van der Waals surface area contributed by atoms with Gasteiger partial charge in [0.25, 0.3) is 5.91 Å². The maximum absolute atomic E-state index is 12.8. The van der Waals surface area contributed by atoms with Gasteiger partial charge in [0.05, 0.1) is 24.0 Å². The second kappa shape index (κ2) is 9.75. The second-order valence-corrected chi connectivity index (χ2v) is 8.00. The fourth-order valence-electron chi connectivity index (χ4n) is 3.89. The number of hydrogen-bond acceptors (Lipinski definition) is 5. The smallest absolute Gasteiger partial charge is 0.255 e. The average molecular weight is 419 g/mol. The summed E-state index contributed by atoms with van der Waals surface area (Å²) in [5.41, 5.74) is 3.74. The topological polar surface area (TPSA) is 66.3 Å². The summed E-state index contributed by atoms with van der Waals surface area (Å²) in [7, 11) is 2.14. The highest BCUT2D eigenvalue weighted by Gasteiger charge is 2.17.